The molecular weight excluding hydrogens is 252 g/mol. The lowest BCUT2D eigenvalue weighted by atomic mass is 9.89. The van der Waals surface area contributed by atoms with E-state index in [1.807, 2.05) is 10.6 Å². The first-order valence-electron chi connectivity index (χ1n) is 7.29. The van der Waals surface area contributed by atoms with Crippen LogP contribution in [-0.4, -0.2) is 20.3 Å². The Hall–Kier alpha value is -1.91. The van der Waals surface area contributed by atoms with Crippen molar-refractivity contribution in [2.24, 2.45) is 5.92 Å². The van der Waals surface area contributed by atoms with Crippen LogP contribution in [0.4, 0.5) is 5.95 Å². The van der Waals surface area contributed by atoms with Crippen molar-refractivity contribution >= 4 is 22.9 Å². The third-order valence-corrected chi connectivity index (χ3v) is 4.15. The molecule has 20 heavy (non-hydrogen) atoms. The minimum absolute atomic E-state index is 0.0316. The number of aromatic nitrogens is 3. The van der Waals surface area contributed by atoms with Gasteiger partial charge in [0, 0.05) is 13.5 Å². The highest BCUT2D eigenvalue weighted by molar-refractivity contribution is 5.94. The normalized spacial score (nSPS) is 16.6. The topological polar surface area (TPSA) is 73.8 Å². The zero-order chi connectivity index (χ0) is 14.1. The number of hydrogen-bond acceptors (Lipinski definition) is 4. The fourth-order valence-corrected chi connectivity index (χ4v) is 3.02. The van der Waals surface area contributed by atoms with Crippen LogP contribution < -0.4 is 5.73 Å². The Kier molecular flexibility index (Phi) is 3.42. The van der Waals surface area contributed by atoms with Gasteiger partial charge >= 0.3 is 0 Å². The lowest BCUT2D eigenvalue weighted by Gasteiger charge is -2.22. The molecule has 0 spiro atoms. The first-order valence-corrected chi connectivity index (χ1v) is 7.29. The third kappa shape index (κ3) is 2.40. The summed E-state index contributed by atoms with van der Waals surface area (Å²) in [6, 6.07) is 3.54. The number of carbonyl (C=O) groups excluding carboxylic acids is 1. The first-order chi connectivity index (χ1) is 9.65. The lowest BCUT2D eigenvalue weighted by Crippen LogP contribution is -2.16. The molecule has 1 aliphatic rings. The fraction of sp³-hybridized carbons (Fsp3) is 0.533. The van der Waals surface area contributed by atoms with Crippen LogP contribution in [0.15, 0.2) is 12.1 Å². The molecule has 106 valence electrons. The van der Waals surface area contributed by atoms with Crippen molar-refractivity contribution < 1.29 is 4.79 Å². The number of hydrogen-bond donors (Lipinski definition) is 1. The number of nitrogens with zero attached hydrogens (tertiary/aromatic N) is 3. The highest BCUT2D eigenvalue weighted by atomic mass is 16.1. The van der Waals surface area contributed by atoms with Crippen LogP contribution >= 0.6 is 0 Å². The molecule has 0 unspecified atom stereocenters. The van der Waals surface area contributed by atoms with Crippen LogP contribution in [0.5, 0.6) is 0 Å². The molecule has 5 nitrogen and oxygen atoms in total. The highest BCUT2D eigenvalue weighted by Crippen LogP contribution is 2.27. The minimum atomic E-state index is -0.0316. The van der Waals surface area contributed by atoms with Crippen LogP contribution in [0.3, 0.4) is 0 Å². The number of Topliss-reactive ketones (excluding diaryl/α,β-unsaturated/α-hetero) is 1. The van der Waals surface area contributed by atoms with Gasteiger partial charge in [-0.15, -0.1) is 0 Å². The van der Waals surface area contributed by atoms with Gasteiger partial charge in [0.25, 0.3) is 0 Å². The van der Waals surface area contributed by atoms with Gasteiger partial charge < -0.3 is 5.73 Å². The number of carbonyl (C=O) groups is 1. The summed E-state index contributed by atoms with van der Waals surface area (Å²) in [5.41, 5.74) is 8.00. The standard InChI is InChI=1S/C15H20N4O/c1-10(20)12-7-8-13-14(17-12)19(15(16)18-13)9-11-5-3-2-4-6-11/h7-8,11H,2-6,9H2,1H3,(H2,16,18). The van der Waals surface area contributed by atoms with Gasteiger partial charge in [-0.3, -0.25) is 9.36 Å². The first kappa shape index (κ1) is 13.1. The van der Waals surface area contributed by atoms with Crippen LogP contribution in [-0.2, 0) is 6.54 Å². The van der Waals surface area contributed by atoms with Gasteiger partial charge in [-0.2, -0.15) is 0 Å². The van der Waals surface area contributed by atoms with Gasteiger partial charge in [0.2, 0.25) is 5.95 Å². The zero-order valence-corrected chi connectivity index (χ0v) is 11.8. The van der Waals surface area contributed by atoms with E-state index in [-0.39, 0.29) is 5.78 Å². The minimum Gasteiger partial charge on any atom is -0.369 e. The van der Waals surface area contributed by atoms with E-state index < -0.39 is 0 Å². The van der Waals surface area contributed by atoms with E-state index in [2.05, 4.69) is 9.97 Å². The molecule has 0 atom stereocenters. The van der Waals surface area contributed by atoms with E-state index in [4.69, 9.17) is 5.73 Å². The quantitative estimate of drug-likeness (QED) is 0.872. The van der Waals surface area contributed by atoms with Crippen LogP contribution in [0.25, 0.3) is 11.2 Å². The second-order valence-electron chi connectivity index (χ2n) is 5.68. The molecule has 0 bridgehead atoms. The summed E-state index contributed by atoms with van der Waals surface area (Å²) < 4.78 is 1.97. The van der Waals surface area contributed by atoms with Crippen molar-refractivity contribution in [3.63, 3.8) is 0 Å². The largest absolute Gasteiger partial charge is 0.369 e. The van der Waals surface area contributed by atoms with E-state index in [1.54, 1.807) is 6.07 Å². The Balaban J connectivity index is 1.97. The van der Waals surface area contributed by atoms with E-state index >= 15 is 0 Å². The summed E-state index contributed by atoms with van der Waals surface area (Å²) in [5, 5.41) is 0. The van der Waals surface area contributed by atoms with Gasteiger partial charge in [-0.25, -0.2) is 9.97 Å². The summed E-state index contributed by atoms with van der Waals surface area (Å²) >= 11 is 0. The van der Waals surface area contributed by atoms with Crippen molar-refractivity contribution in [2.75, 3.05) is 5.73 Å². The maximum atomic E-state index is 11.5. The molecule has 0 amide bonds. The van der Waals surface area contributed by atoms with E-state index in [9.17, 15) is 4.79 Å². The lowest BCUT2D eigenvalue weighted by molar-refractivity contribution is 0.101. The summed E-state index contributed by atoms with van der Waals surface area (Å²) in [5.74, 6) is 1.11. The monoisotopic (exact) mass is 272 g/mol. The second-order valence-corrected chi connectivity index (χ2v) is 5.68. The maximum absolute atomic E-state index is 11.5. The van der Waals surface area contributed by atoms with Crippen molar-refractivity contribution in [1.82, 2.24) is 14.5 Å². The molecule has 2 heterocycles. The number of fused-ring (bicyclic) bond motifs is 1. The fourth-order valence-electron chi connectivity index (χ4n) is 3.02. The average molecular weight is 272 g/mol. The summed E-state index contributed by atoms with van der Waals surface area (Å²) in [7, 11) is 0. The Morgan fingerprint density at radius 3 is 2.75 bits per heavy atom. The maximum Gasteiger partial charge on any atom is 0.202 e. The summed E-state index contributed by atoms with van der Waals surface area (Å²) in [4.78, 5) is 20.3. The van der Waals surface area contributed by atoms with Crippen LogP contribution in [0, 0.1) is 5.92 Å². The van der Waals surface area contributed by atoms with Gasteiger partial charge in [0.15, 0.2) is 11.4 Å². The van der Waals surface area contributed by atoms with Gasteiger partial charge in [-0.05, 0) is 30.9 Å². The van der Waals surface area contributed by atoms with Gasteiger partial charge in [-0.1, -0.05) is 19.3 Å². The molecule has 5 heteroatoms. The van der Waals surface area contributed by atoms with Crippen molar-refractivity contribution in [1.29, 1.82) is 0 Å². The number of pyridine rings is 1. The Morgan fingerprint density at radius 1 is 1.30 bits per heavy atom. The Labute approximate surface area is 118 Å². The molecule has 1 saturated carbocycles. The molecule has 2 aromatic heterocycles. The number of ketones is 1. The second kappa shape index (κ2) is 5.23. The molecule has 2 aromatic rings. The number of rotatable bonds is 3. The Bertz CT molecular complexity index is 641. The van der Waals surface area contributed by atoms with E-state index in [1.165, 1.54) is 39.0 Å². The number of anilines is 1. The smallest absolute Gasteiger partial charge is 0.202 e. The molecular formula is C15H20N4O. The summed E-state index contributed by atoms with van der Waals surface area (Å²) in [6.45, 7) is 2.38. The number of nitrogen functional groups attached to an aromatic ring is 1. The number of imidazole rings is 1. The van der Waals surface area contributed by atoms with Gasteiger partial charge in [0.1, 0.15) is 11.2 Å². The zero-order valence-electron chi connectivity index (χ0n) is 11.8. The molecule has 0 aromatic carbocycles. The van der Waals surface area contributed by atoms with Crippen molar-refractivity contribution in [3.8, 4) is 0 Å². The molecule has 0 saturated heterocycles. The predicted molar refractivity (Wildman–Crippen MR) is 78.5 cm³/mol. The van der Waals surface area contributed by atoms with Crippen molar-refractivity contribution in [3.05, 3.63) is 17.8 Å². The van der Waals surface area contributed by atoms with Crippen LogP contribution in [0.1, 0.15) is 49.5 Å². The third-order valence-electron chi connectivity index (χ3n) is 4.15. The molecule has 1 aliphatic carbocycles. The summed E-state index contributed by atoms with van der Waals surface area (Å²) in [6.07, 6.45) is 6.41. The molecule has 0 aliphatic heterocycles. The predicted octanol–water partition coefficient (Wildman–Crippen LogP) is 2.80. The average Bonchev–Trinajstić information content (AvgIpc) is 2.75. The highest BCUT2D eigenvalue weighted by Gasteiger charge is 2.18. The molecule has 0 radical (unpaired) electrons. The van der Waals surface area contributed by atoms with E-state index in [0.717, 1.165) is 17.7 Å². The van der Waals surface area contributed by atoms with Gasteiger partial charge in [0.05, 0.1) is 0 Å². The Morgan fingerprint density at radius 2 is 2.05 bits per heavy atom. The SMILES string of the molecule is CC(=O)c1ccc2nc(N)n(CC3CCCCC3)c2n1. The van der Waals surface area contributed by atoms with Crippen LogP contribution in [0.2, 0.25) is 0 Å². The molecule has 3 rings (SSSR count). The molecule has 2 N–H and O–H groups in total. The van der Waals surface area contributed by atoms with E-state index in [0.29, 0.717) is 17.6 Å². The number of nitrogens with two attached hydrogens (primary N) is 1. The van der Waals surface area contributed by atoms with Crippen molar-refractivity contribution in [2.45, 2.75) is 45.6 Å². The molecule has 1 fully saturated rings.